The number of carboxylic acid groups (broad SMARTS) is 1. The van der Waals surface area contributed by atoms with E-state index in [1.54, 1.807) is 12.3 Å². The van der Waals surface area contributed by atoms with Gasteiger partial charge < -0.3 is 15.4 Å². The second-order valence-corrected chi connectivity index (χ2v) is 6.34. The predicted octanol–water partition coefficient (Wildman–Crippen LogP) is 3.37. The monoisotopic (exact) mass is 411 g/mol. The first-order chi connectivity index (χ1) is 13.6. The number of unbranched alkanes of at least 4 members (excludes halogenated alkanes) is 1. The Morgan fingerprint density at radius 1 is 1.28 bits per heavy atom. The molecule has 7 nitrogen and oxygen atoms in total. The lowest BCUT2D eigenvalue weighted by Gasteiger charge is -2.10. The van der Waals surface area contributed by atoms with Crippen LogP contribution in [-0.4, -0.2) is 45.5 Å². The maximum Gasteiger partial charge on any atom is 0.490 e. The molecule has 2 aromatic heterocycles. The summed E-state index contributed by atoms with van der Waals surface area (Å²) in [7, 11) is 0. The quantitative estimate of drug-likeness (QED) is 0.653. The van der Waals surface area contributed by atoms with Crippen molar-refractivity contribution in [1.29, 1.82) is 0 Å². The number of alkyl halides is 3. The molecule has 3 heterocycles. The molecule has 156 valence electrons. The number of Topliss-reactive ketones (excluding diaryl/α,β-unsaturated/α-hetero) is 1. The standard InChI is InChI=1S/C17H19N3O2.C2HF3O2/c1-2-3-4-16(21)15-9-11(5-7-18-15)14-10-12-13(20-14)6-8-19-17(12)22;3-2(4,5)1(6)7/h5,7,9-10,20H,2-4,6,8H2,1H3,(H,19,22);(H,6,7). The molecular weight excluding hydrogens is 391 g/mol. The molecule has 3 N–H and O–H groups in total. The molecule has 2 aromatic rings. The van der Waals surface area contributed by atoms with Crippen LogP contribution in [0.2, 0.25) is 0 Å². The van der Waals surface area contributed by atoms with Gasteiger partial charge in [-0.25, -0.2) is 4.79 Å². The maximum atomic E-state index is 12.1. The third kappa shape index (κ3) is 5.90. The number of fused-ring (bicyclic) bond motifs is 1. The Morgan fingerprint density at radius 2 is 1.97 bits per heavy atom. The fraction of sp³-hybridized carbons (Fsp3) is 0.368. The first kappa shape index (κ1) is 22.1. The first-order valence-electron chi connectivity index (χ1n) is 8.93. The number of aromatic amines is 1. The van der Waals surface area contributed by atoms with Crippen LogP contribution in [-0.2, 0) is 11.2 Å². The molecule has 0 aliphatic carbocycles. The van der Waals surface area contributed by atoms with E-state index in [0.717, 1.165) is 36.2 Å². The van der Waals surface area contributed by atoms with Crippen LogP contribution in [0.3, 0.4) is 0 Å². The topological polar surface area (TPSA) is 112 Å². The van der Waals surface area contributed by atoms with Crippen LogP contribution < -0.4 is 5.32 Å². The lowest BCUT2D eigenvalue weighted by molar-refractivity contribution is -0.192. The number of H-pyrrole nitrogens is 1. The molecule has 0 saturated carbocycles. The number of carbonyl (C=O) groups excluding carboxylic acids is 2. The van der Waals surface area contributed by atoms with Gasteiger partial charge in [0.05, 0.1) is 5.56 Å². The number of ketones is 1. The predicted molar refractivity (Wildman–Crippen MR) is 97.6 cm³/mol. The molecule has 1 aliphatic heterocycles. The van der Waals surface area contributed by atoms with E-state index in [4.69, 9.17) is 9.90 Å². The largest absolute Gasteiger partial charge is 0.490 e. The molecule has 3 rings (SSSR count). The smallest absolute Gasteiger partial charge is 0.475 e. The summed E-state index contributed by atoms with van der Waals surface area (Å²) in [5.41, 5.74) is 3.88. The molecule has 0 fully saturated rings. The highest BCUT2D eigenvalue weighted by Crippen LogP contribution is 2.24. The second-order valence-electron chi connectivity index (χ2n) is 6.34. The number of aromatic nitrogens is 2. The van der Waals surface area contributed by atoms with Crippen LogP contribution in [0.15, 0.2) is 24.4 Å². The van der Waals surface area contributed by atoms with Crippen molar-refractivity contribution in [2.45, 2.75) is 38.8 Å². The zero-order chi connectivity index (χ0) is 21.6. The van der Waals surface area contributed by atoms with Gasteiger partial charge in [0.2, 0.25) is 0 Å². The first-order valence-corrected chi connectivity index (χ1v) is 8.93. The minimum absolute atomic E-state index is 0.0444. The van der Waals surface area contributed by atoms with Crippen LogP contribution in [0.1, 0.15) is 52.7 Å². The summed E-state index contributed by atoms with van der Waals surface area (Å²) in [6, 6.07) is 5.50. The third-order valence-electron chi connectivity index (χ3n) is 4.16. The van der Waals surface area contributed by atoms with E-state index >= 15 is 0 Å². The van der Waals surface area contributed by atoms with Crippen molar-refractivity contribution in [3.8, 4) is 11.3 Å². The van der Waals surface area contributed by atoms with E-state index in [1.807, 2.05) is 12.1 Å². The fourth-order valence-electron chi connectivity index (χ4n) is 2.66. The highest BCUT2D eigenvalue weighted by Gasteiger charge is 2.38. The summed E-state index contributed by atoms with van der Waals surface area (Å²) in [6.07, 6.45) is -0.245. The Morgan fingerprint density at radius 3 is 2.55 bits per heavy atom. The molecule has 0 radical (unpaired) electrons. The van der Waals surface area contributed by atoms with Gasteiger partial charge in [-0.1, -0.05) is 13.3 Å². The molecule has 0 spiro atoms. The number of nitrogens with one attached hydrogen (secondary N) is 2. The zero-order valence-corrected chi connectivity index (χ0v) is 15.6. The van der Waals surface area contributed by atoms with E-state index < -0.39 is 12.1 Å². The average molecular weight is 411 g/mol. The van der Waals surface area contributed by atoms with Crippen molar-refractivity contribution < 1.29 is 32.7 Å². The Labute approximate surface area is 164 Å². The van der Waals surface area contributed by atoms with Gasteiger partial charge in [0.25, 0.3) is 5.91 Å². The summed E-state index contributed by atoms with van der Waals surface area (Å²) in [5, 5.41) is 9.96. The van der Waals surface area contributed by atoms with Gasteiger partial charge in [-0.15, -0.1) is 0 Å². The van der Waals surface area contributed by atoms with E-state index in [9.17, 15) is 22.8 Å². The van der Waals surface area contributed by atoms with Crippen molar-refractivity contribution in [3.63, 3.8) is 0 Å². The van der Waals surface area contributed by atoms with Crippen LogP contribution in [0.4, 0.5) is 13.2 Å². The van der Waals surface area contributed by atoms with Gasteiger partial charge in [0.15, 0.2) is 5.78 Å². The Bertz CT molecular complexity index is 906. The SMILES string of the molecule is CCCCC(=O)c1cc(-c2cc3c([nH]2)CCNC3=O)ccn1.O=C(O)C(F)(F)F. The lowest BCUT2D eigenvalue weighted by Crippen LogP contribution is -2.31. The van der Waals surface area contributed by atoms with Gasteiger partial charge in [0, 0.05) is 42.5 Å². The highest BCUT2D eigenvalue weighted by atomic mass is 19.4. The van der Waals surface area contributed by atoms with E-state index in [-0.39, 0.29) is 11.7 Å². The molecule has 0 atom stereocenters. The highest BCUT2D eigenvalue weighted by molar-refractivity contribution is 5.98. The minimum atomic E-state index is -5.08. The second kappa shape index (κ2) is 9.35. The number of halogens is 3. The number of pyridine rings is 1. The van der Waals surface area contributed by atoms with Crippen LogP contribution in [0.25, 0.3) is 11.3 Å². The number of carbonyl (C=O) groups is 3. The average Bonchev–Trinajstić information content (AvgIpc) is 3.12. The summed E-state index contributed by atoms with van der Waals surface area (Å²) < 4.78 is 31.7. The molecule has 0 unspecified atom stereocenters. The summed E-state index contributed by atoms with van der Waals surface area (Å²) >= 11 is 0. The van der Waals surface area contributed by atoms with Crippen molar-refractivity contribution in [2.24, 2.45) is 0 Å². The van der Waals surface area contributed by atoms with E-state index in [0.29, 0.717) is 24.2 Å². The maximum absolute atomic E-state index is 12.1. The number of hydrogen-bond donors (Lipinski definition) is 3. The molecule has 1 amide bonds. The lowest BCUT2D eigenvalue weighted by atomic mass is 10.1. The molecule has 0 saturated heterocycles. The van der Waals surface area contributed by atoms with Crippen LogP contribution in [0.5, 0.6) is 0 Å². The normalized spacial score (nSPS) is 13.0. The fourth-order valence-corrected chi connectivity index (χ4v) is 2.66. The number of carboxylic acids is 1. The van der Waals surface area contributed by atoms with Crippen molar-refractivity contribution in [3.05, 3.63) is 41.3 Å². The molecule has 1 aliphatic rings. The third-order valence-corrected chi connectivity index (χ3v) is 4.16. The van der Waals surface area contributed by atoms with Crippen molar-refractivity contribution >= 4 is 17.7 Å². The van der Waals surface area contributed by atoms with E-state index in [2.05, 4.69) is 22.2 Å². The van der Waals surface area contributed by atoms with Gasteiger partial charge in [-0.3, -0.25) is 14.6 Å². The van der Waals surface area contributed by atoms with E-state index in [1.165, 1.54) is 0 Å². The summed E-state index contributed by atoms with van der Waals surface area (Å²) in [4.78, 5) is 40.3. The number of rotatable bonds is 5. The van der Waals surface area contributed by atoms with Gasteiger partial charge in [-0.2, -0.15) is 13.2 Å². The molecule has 10 heteroatoms. The molecule has 29 heavy (non-hydrogen) atoms. The van der Waals surface area contributed by atoms with Gasteiger partial charge in [0.1, 0.15) is 5.69 Å². The molecule has 0 aromatic carbocycles. The molecular formula is C19H20F3N3O4. The Hall–Kier alpha value is -3.17. The van der Waals surface area contributed by atoms with Crippen molar-refractivity contribution in [2.75, 3.05) is 6.54 Å². The molecule has 0 bridgehead atoms. The van der Waals surface area contributed by atoms with Crippen LogP contribution in [0, 0.1) is 0 Å². The Kier molecular flexibility index (Phi) is 7.13. The zero-order valence-electron chi connectivity index (χ0n) is 15.6. The number of nitrogens with zero attached hydrogens (tertiary/aromatic N) is 1. The number of hydrogen-bond acceptors (Lipinski definition) is 4. The Balaban J connectivity index is 0.000000370. The summed E-state index contributed by atoms with van der Waals surface area (Å²) in [5.74, 6) is -2.73. The van der Waals surface area contributed by atoms with Crippen LogP contribution >= 0.6 is 0 Å². The van der Waals surface area contributed by atoms with Crippen molar-refractivity contribution in [1.82, 2.24) is 15.3 Å². The van der Waals surface area contributed by atoms with Gasteiger partial charge in [-0.05, 0) is 24.6 Å². The summed E-state index contributed by atoms with van der Waals surface area (Å²) in [6.45, 7) is 2.72. The van der Waals surface area contributed by atoms with Gasteiger partial charge >= 0.3 is 12.1 Å². The number of amides is 1. The minimum Gasteiger partial charge on any atom is -0.475 e. The number of aliphatic carboxylic acids is 1.